The average molecular weight is 320 g/mol. The van der Waals surface area contributed by atoms with E-state index in [-0.39, 0.29) is 18.6 Å². The fraction of sp³-hybridized carbons (Fsp3) is 0.611. The summed E-state index contributed by atoms with van der Waals surface area (Å²) in [4.78, 5) is 14.6. The number of carbonyl (C=O) groups excluding carboxylic acids is 1. The van der Waals surface area contributed by atoms with Gasteiger partial charge in [-0.2, -0.15) is 0 Å². The fourth-order valence-corrected chi connectivity index (χ4v) is 3.16. The SMILES string of the molecule is COc1ccccc1CNC(=O)[C@H](C)N1CCC(CCO)CC1. The lowest BCUT2D eigenvalue weighted by Gasteiger charge is -2.35. The Morgan fingerprint density at radius 2 is 2.09 bits per heavy atom. The lowest BCUT2D eigenvalue weighted by atomic mass is 9.93. The van der Waals surface area contributed by atoms with Gasteiger partial charge in [0, 0.05) is 18.7 Å². The molecule has 1 fully saturated rings. The van der Waals surface area contributed by atoms with Gasteiger partial charge in [0.25, 0.3) is 0 Å². The van der Waals surface area contributed by atoms with Crippen LogP contribution in [0.25, 0.3) is 0 Å². The number of para-hydroxylation sites is 1. The van der Waals surface area contributed by atoms with Crippen LogP contribution < -0.4 is 10.1 Å². The standard InChI is InChI=1S/C18H28N2O3/c1-14(20-10-7-15(8-11-20)9-12-21)18(22)19-13-16-5-3-4-6-17(16)23-2/h3-6,14-15,21H,7-13H2,1-2H3,(H,19,22)/t14-/m0/s1. The van der Waals surface area contributed by atoms with Crippen molar-refractivity contribution >= 4 is 5.91 Å². The van der Waals surface area contributed by atoms with Crippen LogP contribution in [-0.2, 0) is 11.3 Å². The Labute approximate surface area is 138 Å². The molecule has 0 spiro atoms. The first kappa shape index (κ1) is 17.8. The molecular formula is C18H28N2O3. The van der Waals surface area contributed by atoms with E-state index in [0.29, 0.717) is 12.5 Å². The van der Waals surface area contributed by atoms with E-state index in [4.69, 9.17) is 9.84 Å². The average Bonchev–Trinajstić information content (AvgIpc) is 2.60. The Bertz CT molecular complexity index is 499. The zero-order chi connectivity index (χ0) is 16.7. The van der Waals surface area contributed by atoms with Gasteiger partial charge in [0.2, 0.25) is 5.91 Å². The Kier molecular flexibility index (Phi) is 6.86. The molecule has 1 atom stereocenters. The minimum absolute atomic E-state index is 0.0523. The Balaban J connectivity index is 1.81. The normalized spacial score (nSPS) is 17.7. The van der Waals surface area contributed by atoms with Crippen molar-refractivity contribution < 1.29 is 14.6 Å². The lowest BCUT2D eigenvalue weighted by molar-refractivity contribution is -0.126. The summed E-state index contributed by atoms with van der Waals surface area (Å²) in [6.45, 7) is 4.56. The number of amides is 1. The number of hydrogen-bond donors (Lipinski definition) is 2. The molecule has 23 heavy (non-hydrogen) atoms. The number of methoxy groups -OCH3 is 1. The number of carbonyl (C=O) groups is 1. The summed E-state index contributed by atoms with van der Waals surface area (Å²) in [5.74, 6) is 1.45. The van der Waals surface area contributed by atoms with E-state index in [9.17, 15) is 4.79 Å². The van der Waals surface area contributed by atoms with Crippen molar-refractivity contribution in [2.24, 2.45) is 5.92 Å². The van der Waals surface area contributed by atoms with Crippen LogP contribution in [0.2, 0.25) is 0 Å². The van der Waals surface area contributed by atoms with Crippen LogP contribution in [0.15, 0.2) is 24.3 Å². The summed E-state index contributed by atoms with van der Waals surface area (Å²) in [6, 6.07) is 7.60. The number of piperidine rings is 1. The number of rotatable bonds is 7. The molecule has 1 aliphatic heterocycles. The van der Waals surface area contributed by atoms with E-state index in [1.54, 1.807) is 7.11 Å². The first-order valence-electron chi connectivity index (χ1n) is 8.40. The Morgan fingerprint density at radius 3 is 2.74 bits per heavy atom. The summed E-state index contributed by atoms with van der Waals surface area (Å²) >= 11 is 0. The molecule has 1 heterocycles. The highest BCUT2D eigenvalue weighted by molar-refractivity contribution is 5.81. The first-order chi connectivity index (χ1) is 11.2. The van der Waals surface area contributed by atoms with Gasteiger partial charge in [-0.25, -0.2) is 0 Å². The maximum Gasteiger partial charge on any atom is 0.237 e. The van der Waals surface area contributed by atoms with Gasteiger partial charge in [-0.15, -0.1) is 0 Å². The first-order valence-corrected chi connectivity index (χ1v) is 8.40. The van der Waals surface area contributed by atoms with E-state index < -0.39 is 0 Å². The van der Waals surface area contributed by atoms with Crippen molar-refractivity contribution in [2.75, 3.05) is 26.8 Å². The third kappa shape index (κ3) is 4.94. The second-order valence-corrected chi connectivity index (χ2v) is 6.20. The molecule has 0 radical (unpaired) electrons. The quantitative estimate of drug-likeness (QED) is 0.804. The number of benzene rings is 1. The van der Waals surface area contributed by atoms with Gasteiger partial charge in [-0.3, -0.25) is 9.69 Å². The summed E-state index contributed by atoms with van der Waals surface area (Å²) in [5, 5.41) is 12.0. The minimum Gasteiger partial charge on any atom is -0.496 e. The molecule has 1 saturated heterocycles. The maximum absolute atomic E-state index is 12.4. The van der Waals surface area contributed by atoms with Gasteiger partial charge in [-0.1, -0.05) is 18.2 Å². The van der Waals surface area contributed by atoms with Crippen molar-refractivity contribution in [1.82, 2.24) is 10.2 Å². The van der Waals surface area contributed by atoms with Crippen molar-refractivity contribution in [3.8, 4) is 5.75 Å². The van der Waals surface area contributed by atoms with Crippen LogP contribution >= 0.6 is 0 Å². The van der Waals surface area contributed by atoms with Crippen LogP contribution in [0.4, 0.5) is 0 Å². The van der Waals surface area contributed by atoms with Crippen LogP contribution in [-0.4, -0.2) is 48.8 Å². The van der Waals surface area contributed by atoms with Crippen molar-refractivity contribution in [1.29, 1.82) is 0 Å². The van der Waals surface area contributed by atoms with Crippen molar-refractivity contribution in [3.05, 3.63) is 29.8 Å². The summed E-state index contributed by atoms with van der Waals surface area (Å²) in [7, 11) is 1.64. The van der Waals surface area contributed by atoms with Gasteiger partial charge >= 0.3 is 0 Å². The van der Waals surface area contributed by atoms with E-state index in [1.807, 2.05) is 31.2 Å². The monoisotopic (exact) mass is 320 g/mol. The maximum atomic E-state index is 12.4. The molecule has 1 aliphatic rings. The zero-order valence-corrected chi connectivity index (χ0v) is 14.1. The second kappa shape index (κ2) is 8.89. The molecule has 1 aromatic carbocycles. The number of likely N-dealkylation sites (tertiary alicyclic amines) is 1. The van der Waals surface area contributed by atoms with Gasteiger partial charge in [0.1, 0.15) is 5.75 Å². The number of aliphatic hydroxyl groups excluding tert-OH is 1. The third-order valence-corrected chi connectivity index (χ3v) is 4.76. The molecule has 128 valence electrons. The van der Waals surface area contributed by atoms with Crippen LogP contribution in [0, 0.1) is 5.92 Å². The van der Waals surface area contributed by atoms with Gasteiger partial charge < -0.3 is 15.2 Å². The highest BCUT2D eigenvalue weighted by Crippen LogP contribution is 2.22. The van der Waals surface area contributed by atoms with Crippen LogP contribution in [0.5, 0.6) is 5.75 Å². The Hall–Kier alpha value is -1.59. The van der Waals surface area contributed by atoms with E-state index >= 15 is 0 Å². The summed E-state index contributed by atoms with van der Waals surface area (Å²) in [5.41, 5.74) is 0.984. The lowest BCUT2D eigenvalue weighted by Crippen LogP contribution is -2.48. The minimum atomic E-state index is -0.125. The summed E-state index contributed by atoms with van der Waals surface area (Å²) in [6.07, 6.45) is 3.00. The molecule has 0 bridgehead atoms. The molecule has 0 saturated carbocycles. The molecule has 0 unspecified atom stereocenters. The molecule has 2 N–H and O–H groups in total. The topological polar surface area (TPSA) is 61.8 Å². The highest BCUT2D eigenvalue weighted by Gasteiger charge is 2.26. The van der Waals surface area contributed by atoms with E-state index in [2.05, 4.69) is 10.2 Å². The number of ether oxygens (including phenoxy) is 1. The Morgan fingerprint density at radius 1 is 1.39 bits per heavy atom. The van der Waals surface area contributed by atoms with Crippen molar-refractivity contribution in [3.63, 3.8) is 0 Å². The molecular weight excluding hydrogens is 292 g/mol. The highest BCUT2D eigenvalue weighted by atomic mass is 16.5. The van der Waals surface area contributed by atoms with Crippen LogP contribution in [0.3, 0.4) is 0 Å². The van der Waals surface area contributed by atoms with Crippen molar-refractivity contribution in [2.45, 2.75) is 38.8 Å². The van der Waals surface area contributed by atoms with Gasteiger partial charge in [0.05, 0.1) is 13.2 Å². The molecule has 1 aromatic rings. The number of hydrogen-bond acceptors (Lipinski definition) is 4. The second-order valence-electron chi connectivity index (χ2n) is 6.20. The fourth-order valence-electron chi connectivity index (χ4n) is 3.16. The van der Waals surface area contributed by atoms with Gasteiger partial charge in [0.15, 0.2) is 0 Å². The zero-order valence-electron chi connectivity index (χ0n) is 14.1. The third-order valence-electron chi connectivity index (χ3n) is 4.76. The van der Waals surface area contributed by atoms with E-state index in [0.717, 1.165) is 43.7 Å². The predicted octanol–water partition coefficient (Wildman–Crippen LogP) is 1.79. The number of nitrogens with zero attached hydrogens (tertiary/aromatic N) is 1. The molecule has 5 heteroatoms. The molecule has 0 aromatic heterocycles. The molecule has 5 nitrogen and oxygen atoms in total. The van der Waals surface area contributed by atoms with Crippen LogP contribution in [0.1, 0.15) is 31.7 Å². The number of aliphatic hydroxyl groups is 1. The largest absolute Gasteiger partial charge is 0.496 e. The van der Waals surface area contributed by atoms with E-state index in [1.165, 1.54) is 0 Å². The molecule has 2 rings (SSSR count). The smallest absolute Gasteiger partial charge is 0.237 e. The summed E-state index contributed by atoms with van der Waals surface area (Å²) < 4.78 is 5.31. The molecule has 0 aliphatic carbocycles. The predicted molar refractivity (Wildman–Crippen MR) is 90.3 cm³/mol. The number of nitrogens with one attached hydrogen (secondary N) is 1. The van der Waals surface area contributed by atoms with Gasteiger partial charge in [-0.05, 0) is 51.3 Å². The molecule has 1 amide bonds.